The van der Waals surface area contributed by atoms with Gasteiger partial charge in [-0.15, -0.1) is 0 Å². The van der Waals surface area contributed by atoms with Crippen molar-refractivity contribution >= 4 is 0 Å². The largest absolute Gasteiger partial charge is 0.311 e. The third-order valence-electron chi connectivity index (χ3n) is 5.73. The molecule has 1 nitrogen and oxygen atoms in total. The van der Waals surface area contributed by atoms with Crippen LogP contribution in [0.3, 0.4) is 0 Å². The molecular weight excluding hydrogens is 218 g/mol. The average Bonchev–Trinajstić information content (AvgIpc) is 2.47. The maximum atomic E-state index is 4.02. The van der Waals surface area contributed by atoms with Crippen LogP contribution in [0.4, 0.5) is 0 Å². The highest BCUT2D eigenvalue weighted by Crippen LogP contribution is 2.35. The minimum atomic E-state index is 0.585. The van der Waals surface area contributed by atoms with Crippen molar-refractivity contribution in [3.05, 3.63) is 0 Å². The SMILES string of the molecule is CC1CCCC(NC2CCCC(C)(C)CC2)C1C. The Morgan fingerprint density at radius 3 is 2.44 bits per heavy atom. The maximum Gasteiger partial charge on any atom is 0.00978 e. The third-order valence-corrected chi connectivity index (χ3v) is 5.73. The standard InChI is InChI=1S/C17H33N/c1-13-7-5-9-16(14(13)2)18-15-8-6-11-17(3,4)12-10-15/h13-16,18H,5-12H2,1-4H3. The first-order valence-electron chi connectivity index (χ1n) is 8.24. The van der Waals surface area contributed by atoms with E-state index < -0.39 is 0 Å². The molecule has 2 aliphatic carbocycles. The fourth-order valence-electron chi connectivity index (χ4n) is 3.95. The van der Waals surface area contributed by atoms with Gasteiger partial charge in [0.2, 0.25) is 0 Å². The number of rotatable bonds is 2. The third kappa shape index (κ3) is 3.73. The highest BCUT2D eigenvalue weighted by molar-refractivity contribution is 4.87. The lowest BCUT2D eigenvalue weighted by Gasteiger charge is -2.37. The second-order valence-electron chi connectivity index (χ2n) is 7.83. The first-order valence-corrected chi connectivity index (χ1v) is 8.24. The van der Waals surface area contributed by atoms with E-state index >= 15 is 0 Å². The molecule has 2 fully saturated rings. The summed E-state index contributed by atoms with van der Waals surface area (Å²) in [5.41, 5.74) is 0.585. The first-order chi connectivity index (χ1) is 8.48. The van der Waals surface area contributed by atoms with Crippen LogP contribution in [0.5, 0.6) is 0 Å². The van der Waals surface area contributed by atoms with E-state index in [2.05, 4.69) is 33.0 Å². The molecule has 0 saturated heterocycles. The van der Waals surface area contributed by atoms with E-state index in [1.807, 2.05) is 0 Å². The van der Waals surface area contributed by atoms with Crippen LogP contribution in [0, 0.1) is 17.3 Å². The summed E-state index contributed by atoms with van der Waals surface area (Å²) in [5.74, 6) is 1.79. The van der Waals surface area contributed by atoms with Crippen molar-refractivity contribution in [3.8, 4) is 0 Å². The van der Waals surface area contributed by atoms with Gasteiger partial charge in [0, 0.05) is 12.1 Å². The van der Waals surface area contributed by atoms with E-state index in [-0.39, 0.29) is 0 Å². The van der Waals surface area contributed by atoms with E-state index in [1.165, 1.54) is 51.4 Å². The normalized spacial score (nSPS) is 41.3. The smallest absolute Gasteiger partial charge is 0.00978 e. The summed E-state index contributed by atoms with van der Waals surface area (Å²) in [5, 5.41) is 4.02. The molecule has 0 aromatic carbocycles. The van der Waals surface area contributed by atoms with Crippen molar-refractivity contribution in [1.82, 2.24) is 5.32 Å². The van der Waals surface area contributed by atoms with Gasteiger partial charge in [0.05, 0.1) is 0 Å². The van der Waals surface area contributed by atoms with Crippen LogP contribution >= 0.6 is 0 Å². The Balaban J connectivity index is 1.85. The van der Waals surface area contributed by atoms with Gasteiger partial charge in [-0.2, -0.15) is 0 Å². The van der Waals surface area contributed by atoms with Gasteiger partial charge < -0.3 is 5.32 Å². The van der Waals surface area contributed by atoms with Crippen LogP contribution in [-0.4, -0.2) is 12.1 Å². The van der Waals surface area contributed by atoms with Gasteiger partial charge in [0.1, 0.15) is 0 Å². The van der Waals surface area contributed by atoms with Gasteiger partial charge in [-0.05, 0) is 49.4 Å². The van der Waals surface area contributed by atoms with Crippen molar-refractivity contribution in [1.29, 1.82) is 0 Å². The summed E-state index contributed by atoms with van der Waals surface area (Å²) in [6.45, 7) is 9.79. The van der Waals surface area contributed by atoms with Crippen LogP contribution in [-0.2, 0) is 0 Å². The summed E-state index contributed by atoms with van der Waals surface area (Å²) < 4.78 is 0. The zero-order valence-corrected chi connectivity index (χ0v) is 13.0. The molecule has 18 heavy (non-hydrogen) atoms. The molecule has 0 spiro atoms. The molecule has 0 heterocycles. The molecule has 0 amide bonds. The predicted molar refractivity (Wildman–Crippen MR) is 79.8 cm³/mol. The summed E-state index contributed by atoms with van der Waals surface area (Å²) in [7, 11) is 0. The van der Waals surface area contributed by atoms with Crippen LogP contribution in [0.15, 0.2) is 0 Å². The lowest BCUT2D eigenvalue weighted by Crippen LogP contribution is -2.45. The fourth-order valence-corrected chi connectivity index (χ4v) is 3.95. The Hall–Kier alpha value is -0.0400. The Morgan fingerprint density at radius 1 is 0.889 bits per heavy atom. The second kappa shape index (κ2) is 5.94. The summed E-state index contributed by atoms with van der Waals surface area (Å²) in [6, 6.07) is 1.59. The highest BCUT2D eigenvalue weighted by Gasteiger charge is 2.30. The van der Waals surface area contributed by atoms with E-state index in [0.717, 1.165) is 23.9 Å². The van der Waals surface area contributed by atoms with Crippen LogP contribution in [0.25, 0.3) is 0 Å². The summed E-state index contributed by atoms with van der Waals surface area (Å²) in [4.78, 5) is 0. The molecule has 0 aliphatic heterocycles. The Bertz CT molecular complexity index is 258. The quantitative estimate of drug-likeness (QED) is 0.698. The molecule has 0 radical (unpaired) electrons. The number of nitrogens with one attached hydrogen (secondary N) is 1. The zero-order chi connectivity index (χ0) is 13.2. The Kier molecular flexibility index (Phi) is 4.75. The molecular formula is C17H33N. The van der Waals surface area contributed by atoms with Gasteiger partial charge in [-0.25, -0.2) is 0 Å². The molecule has 1 heteroatoms. The van der Waals surface area contributed by atoms with Gasteiger partial charge in [0.25, 0.3) is 0 Å². The van der Waals surface area contributed by atoms with Crippen molar-refractivity contribution < 1.29 is 0 Å². The van der Waals surface area contributed by atoms with Crippen LogP contribution in [0.1, 0.15) is 79.1 Å². The maximum absolute atomic E-state index is 4.02. The minimum absolute atomic E-state index is 0.585. The van der Waals surface area contributed by atoms with Crippen molar-refractivity contribution in [2.75, 3.05) is 0 Å². The lowest BCUT2D eigenvalue weighted by atomic mass is 9.77. The topological polar surface area (TPSA) is 12.0 Å². The molecule has 0 bridgehead atoms. The van der Waals surface area contributed by atoms with E-state index in [1.54, 1.807) is 0 Å². The zero-order valence-electron chi connectivity index (χ0n) is 13.0. The van der Waals surface area contributed by atoms with Crippen molar-refractivity contribution in [3.63, 3.8) is 0 Å². The van der Waals surface area contributed by atoms with Gasteiger partial charge in [0.15, 0.2) is 0 Å². The van der Waals surface area contributed by atoms with Crippen LogP contribution < -0.4 is 5.32 Å². The molecule has 106 valence electrons. The Labute approximate surface area is 114 Å². The van der Waals surface area contributed by atoms with Crippen molar-refractivity contribution in [2.45, 2.75) is 91.1 Å². The summed E-state index contributed by atoms with van der Waals surface area (Å²) in [6.07, 6.45) is 11.3. The van der Waals surface area contributed by atoms with E-state index in [9.17, 15) is 0 Å². The number of hydrogen-bond acceptors (Lipinski definition) is 1. The predicted octanol–water partition coefficient (Wildman–Crippen LogP) is 4.76. The molecule has 2 saturated carbocycles. The van der Waals surface area contributed by atoms with Gasteiger partial charge >= 0.3 is 0 Å². The minimum Gasteiger partial charge on any atom is -0.311 e. The molecule has 1 N–H and O–H groups in total. The fraction of sp³-hybridized carbons (Fsp3) is 1.00. The lowest BCUT2D eigenvalue weighted by molar-refractivity contribution is 0.187. The van der Waals surface area contributed by atoms with Gasteiger partial charge in [-0.3, -0.25) is 0 Å². The van der Waals surface area contributed by atoms with E-state index in [0.29, 0.717) is 5.41 Å². The highest BCUT2D eigenvalue weighted by atomic mass is 15.0. The first kappa shape index (κ1) is 14.4. The molecule has 4 atom stereocenters. The molecule has 4 unspecified atom stereocenters. The second-order valence-corrected chi connectivity index (χ2v) is 7.83. The van der Waals surface area contributed by atoms with Crippen LogP contribution in [0.2, 0.25) is 0 Å². The molecule has 0 aromatic heterocycles. The van der Waals surface area contributed by atoms with Crippen molar-refractivity contribution in [2.24, 2.45) is 17.3 Å². The Morgan fingerprint density at radius 2 is 1.67 bits per heavy atom. The van der Waals surface area contributed by atoms with Gasteiger partial charge in [-0.1, -0.05) is 47.0 Å². The monoisotopic (exact) mass is 251 g/mol. The molecule has 0 aromatic rings. The molecule has 2 aliphatic rings. The average molecular weight is 251 g/mol. The summed E-state index contributed by atoms with van der Waals surface area (Å²) >= 11 is 0. The molecule has 2 rings (SSSR count). The number of hydrogen-bond donors (Lipinski definition) is 1. The van der Waals surface area contributed by atoms with E-state index in [4.69, 9.17) is 0 Å².